The van der Waals surface area contributed by atoms with Gasteiger partial charge in [0.2, 0.25) is 5.91 Å². The zero-order valence-electron chi connectivity index (χ0n) is 10.9. The Labute approximate surface area is 106 Å². The fourth-order valence-corrected chi connectivity index (χ4v) is 1.69. The van der Waals surface area contributed by atoms with Crippen LogP contribution in [0.3, 0.4) is 0 Å². The lowest BCUT2D eigenvalue weighted by Gasteiger charge is -2.25. The van der Waals surface area contributed by atoms with Crippen molar-refractivity contribution in [2.45, 2.75) is 19.4 Å². The van der Waals surface area contributed by atoms with E-state index in [4.69, 9.17) is 0 Å². The van der Waals surface area contributed by atoms with Gasteiger partial charge in [-0.3, -0.25) is 9.69 Å². The molecule has 5 heteroatoms. The van der Waals surface area contributed by atoms with Crippen molar-refractivity contribution in [3.8, 4) is 5.75 Å². The van der Waals surface area contributed by atoms with E-state index >= 15 is 0 Å². The third-order valence-corrected chi connectivity index (χ3v) is 3.07. The number of hydrogen-bond donors (Lipinski definition) is 2. The normalized spacial score (nSPS) is 12.5. The minimum absolute atomic E-state index is 0.0440. The van der Waals surface area contributed by atoms with Crippen LogP contribution < -0.4 is 5.32 Å². The molecule has 0 heterocycles. The van der Waals surface area contributed by atoms with Gasteiger partial charge in [-0.1, -0.05) is 0 Å². The van der Waals surface area contributed by atoms with E-state index in [1.165, 1.54) is 18.2 Å². The SMILES string of the molecule is CNC(=O)CCN(C)C(C)c1cc(F)ccc1O. The number of halogens is 1. The van der Waals surface area contributed by atoms with Crippen LogP contribution >= 0.6 is 0 Å². The smallest absolute Gasteiger partial charge is 0.221 e. The molecule has 0 fully saturated rings. The molecule has 1 unspecified atom stereocenters. The van der Waals surface area contributed by atoms with E-state index in [9.17, 15) is 14.3 Å². The van der Waals surface area contributed by atoms with E-state index in [0.29, 0.717) is 18.5 Å². The highest BCUT2D eigenvalue weighted by atomic mass is 19.1. The van der Waals surface area contributed by atoms with E-state index in [-0.39, 0.29) is 23.5 Å². The van der Waals surface area contributed by atoms with Crippen LogP contribution in [0.15, 0.2) is 18.2 Å². The molecular weight excluding hydrogens is 235 g/mol. The summed E-state index contributed by atoms with van der Waals surface area (Å²) >= 11 is 0. The Kier molecular flexibility index (Phi) is 5.09. The number of hydrogen-bond acceptors (Lipinski definition) is 3. The maximum absolute atomic E-state index is 13.1. The van der Waals surface area contributed by atoms with E-state index in [0.717, 1.165) is 0 Å². The second-order valence-electron chi connectivity index (χ2n) is 4.28. The highest BCUT2D eigenvalue weighted by Crippen LogP contribution is 2.28. The number of aromatic hydroxyl groups is 1. The molecule has 2 N–H and O–H groups in total. The number of nitrogens with one attached hydrogen (secondary N) is 1. The first-order chi connectivity index (χ1) is 8.45. The van der Waals surface area contributed by atoms with Crippen molar-refractivity contribution in [2.24, 2.45) is 0 Å². The summed E-state index contributed by atoms with van der Waals surface area (Å²) < 4.78 is 13.1. The van der Waals surface area contributed by atoms with Gasteiger partial charge in [-0.25, -0.2) is 4.39 Å². The van der Waals surface area contributed by atoms with Gasteiger partial charge in [0.1, 0.15) is 11.6 Å². The van der Waals surface area contributed by atoms with E-state index < -0.39 is 0 Å². The summed E-state index contributed by atoms with van der Waals surface area (Å²) in [5, 5.41) is 12.2. The Bertz CT molecular complexity index is 423. The van der Waals surface area contributed by atoms with Gasteiger partial charge >= 0.3 is 0 Å². The third kappa shape index (κ3) is 3.70. The number of benzene rings is 1. The Morgan fingerprint density at radius 1 is 1.56 bits per heavy atom. The summed E-state index contributed by atoms with van der Waals surface area (Å²) in [6.07, 6.45) is 0.368. The van der Waals surface area contributed by atoms with Gasteiger partial charge in [-0.2, -0.15) is 0 Å². The molecule has 0 bridgehead atoms. The van der Waals surface area contributed by atoms with Crippen molar-refractivity contribution in [1.82, 2.24) is 10.2 Å². The maximum atomic E-state index is 13.1. The van der Waals surface area contributed by atoms with Crippen LogP contribution in [0.2, 0.25) is 0 Å². The van der Waals surface area contributed by atoms with Gasteiger partial charge in [0.15, 0.2) is 0 Å². The van der Waals surface area contributed by atoms with Gasteiger partial charge in [-0.05, 0) is 32.2 Å². The number of carbonyl (C=O) groups is 1. The molecule has 1 aromatic rings. The monoisotopic (exact) mass is 254 g/mol. The Hall–Kier alpha value is -1.62. The van der Waals surface area contributed by atoms with Gasteiger partial charge in [0.05, 0.1) is 0 Å². The van der Waals surface area contributed by atoms with Crippen molar-refractivity contribution in [3.63, 3.8) is 0 Å². The Morgan fingerprint density at radius 2 is 2.22 bits per heavy atom. The molecule has 1 amide bonds. The minimum Gasteiger partial charge on any atom is -0.508 e. The summed E-state index contributed by atoms with van der Waals surface area (Å²) in [4.78, 5) is 13.0. The van der Waals surface area contributed by atoms with E-state index in [2.05, 4.69) is 5.32 Å². The topological polar surface area (TPSA) is 52.6 Å². The van der Waals surface area contributed by atoms with Crippen LogP contribution in [-0.2, 0) is 4.79 Å². The predicted molar refractivity (Wildman–Crippen MR) is 67.8 cm³/mol. The number of phenolic OH excluding ortho intramolecular Hbond substituents is 1. The summed E-state index contributed by atoms with van der Waals surface area (Å²) in [5.41, 5.74) is 0.523. The molecule has 1 atom stereocenters. The van der Waals surface area contributed by atoms with Crippen molar-refractivity contribution in [2.75, 3.05) is 20.6 Å². The minimum atomic E-state index is -0.380. The Balaban J connectivity index is 2.70. The molecule has 0 spiro atoms. The molecule has 0 saturated heterocycles. The number of nitrogens with zero attached hydrogens (tertiary/aromatic N) is 1. The quantitative estimate of drug-likeness (QED) is 0.840. The van der Waals surface area contributed by atoms with E-state index in [1.54, 1.807) is 7.05 Å². The van der Waals surface area contributed by atoms with Crippen LogP contribution in [0.25, 0.3) is 0 Å². The van der Waals surface area contributed by atoms with Crippen LogP contribution in [0.5, 0.6) is 5.75 Å². The number of rotatable bonds is 5. The molecule has 0 radical (unpaired) electrons. The predicted octanol–water partition coefficient (Wildman–Crippen LogP) is 1.66. The largest absolute Gasteiger partial charge is 0.508 e. The second kappa shape index (κ2) is 6.35. The highest BCUT2D eigenvalue weighted by Gasteiger charge is 2.16. The average molecular weight is 254 g/mol. The first-order valence-electron chi connectivity index (χ1n) is 5.85. The zero-order chi connectivity index (χ0) is 13.7. The van der Waals surface area contributed by atoms with Gasteiger partial charge < -0.3 is 10.4 Å². The number of phenols is 1. The molecule has 0 aliphatic heterocycles. The fraction of sp³-hybridized carbons (Fsp3) is 0.462. The number of amides is 1. The molecule has 18 heavy (non-hydrogen) atoms. The lowest BCUT2D eigenvalue weighted by Crippen LogP contribution is -2.28. The fourth-order valence-electron chi connectivity index (χ4n) is 1.69. The first-order valence-corrected chi connectivity index (χ1v) is 5.85. The summed E-state index contributed by atoms with van der Waals surface area (Å²) in [6, 6.07) is 3.71. The van der Waals surface area contributed by atoms with E-state index in [1.807, 2.05) is 18.9 Å². The van der Waals surface area contributed by atoms with Crippen molar-refractivity contribution >= 4 is 5.91 Å². The molecule has 1 aromatic carbocycles. The summed E-state index contributed by atoms with van der Waals surface area (Å²) in [7, 11) is 3.42. The molecule has 4 nitrogen and oxygen atoms in total. The molecule has 0 aliphatic rings. The molecular formula is C13H19FN2O2. The maximum Gasteiger partial charge on any atom is 0.221 e. The molecule has 1 rings (SSSR count). The summed E-state index contributed by atoms with van der Waals surface area (Å²) in [6.45, 7) is 2.40. The molecule has 0 saturated carbocycles. The molecule has 0 aromatic heterocycles. The average Bonchev–Trinajstić information content (AvgIpc) is 2.37. The van der Waals surface area contributed by atoms with Gasteiger partial charge in [-0.15, -0.1) is 0 Å². The lowest BCUT2D eigenvalue weighted by atomic mass is 10.1. The number of carbonyl (C=O) groups excluding carboxylic acids is 1. The Morgan fingerprint density at radius 3 is 2.83 bits per heavy atom. The standard InChI is InChI=1S/C13H19FN2O2/c1-9(16(3)7-6-13(18)15-2)11-8-10(14)4-5-12(11)17/h4-5,8-9,17H,6-7H2,1-3H3,(H,15,18). The molecule has 100 valence electrons. The van der Waals surface area contributed by atoms with Crippen LogP contribution in [-0.4, -0.2) is 36.6 Å². The van der Waals surface area contributed by atoms with Crippen molar-refractivity contribution in [1.29, 1.82) is 0 Å². The third-order valence-electron chi connectivity index (χ3n) is 3.07. The highest BCUT2D eigenvalue weighted by molar-refractivity contribution is 5.75. The van der Waals surface area contributed by atoms with Crippen molar-refractivity contribution < 1.29 is 14.3 Å². The molecule has 0 aliphatic carbocycles. The van der Waals surface area contributed by atoms with Crippen LogP contribution in [0, 0.1) is 5.82 Å². The van der Waals surface area contributed by atoms with Crippen LogP contribution in [0.1, 0.15) is 24.9 Å². The zero-order valence-corrected chi connectivity index (χ0v) is 10.9. The van der Waals surface area contributed by atoms with Gasteiger partial charge in [0, 0.05) is 31.6 Å². The lowest BCUT2D eigenvalue weighted by molar-refractivity contribution is -0.120. The van der Waals surface area contributed by atoms with Gasteiger partial charge in [0.25, 0.3) is 0 Å². The first kappa shape index (κ1) is 14.4. The second-order valence-corrected chi connectivity index (χ2v) is 4.28. The van der Waals surface area contributed by atoms with Crippen LogP contribution in [0.4, 0.5) is 4.39 Å². The van der Waals surface area contributed by atoms with Crippen molar-refractivity contribution in [3.05, 3.63) is 29.6 Å². The summed E-state index contributed by atoms with van der Waals surface area (Å²) in [5.74, 6) is -0.359.